The molecule has 0 unspecified atom stereocenters. The largest absolute Gasteiger partial charge is 0.369 e. The van der Waals surface area contributed by atoms with Gasteiger partial charge in [0.15, 0.2) is 0 Å². The maximum atomic E-state index is 10.9. The highest BCUT2D eigenvalue weighted by Gasteiger charge is 2.08. The molecule has 1 rings (SSSR count). The first kappa shape index (κ1) is 12.5. The van der Waals surface area contributed by atoms with Gasteiger partial charge in [-0.1, -0.05) is 43.8 Å². The van der Waals surface area contributed by atoms with Crippen LogP contribution in [0.25, 0.3) is 6.08 Å². The van der Waals surface area contributed by atoms with Crippen molar-refractivity contribution in [3.8, 4) is 0 Å². The molecule has 1 aromatic rings. The van der Waals surface area contributed by atoms with E-state index in [9.17, 15) is 4.79 Å². The summed E-state index contributed by atoms with van der Waals surface area (Å²) in [6.45, 7) is 7.61. The van der Waals surface area contributed by atoms with E-state index in [1.165, 1.54) is 5.56 Å². The van der Waals surface area contributed by atoms with Crippen molar-refractivity contribution < 1.29 is 4.79 Å². The Morgan fingerprint density at radius 2 is 2.19 bits per heavy atom. The average Bonchev–Trinajstić information content (AvgIpc) is 2.28. The predicted octanol–water partition coefficient (Wildman–Crippen LogP) is 1.64. The van der Waals surface area contributed by atoms with E-state index in [1.54, 1.807) is 0 Å². The lowest BCUT2D eigenvalue weighted by Crippen LogP contribution is -2.33. The normalized spacial score (nSPS) is 10.4. The van der Waals surface area contributed by atoms with Crippen LogP contribution < -0.4 is 5.73 Å². The summed E-state index contributed by atoms with van der Waals surface area (Å²) in [5, 5.41) is 0. The summed E-state index contributed by atoms with van der Waals surface area (Å²) < 4.78 is 0. The lowest BCUT2D eigenvalue weighted by Gasteiger charge is -2.19. The van der Waals surface area contributed by atoms with Crippen molar-refractivity contribution in [2.45, 2.75) is 13.5 Å². The second-order valence-electron chi connectivity index (χ2n) is 3.67. The fraction of sp³-hybridized carbons (Fsp3) is 0.308. The average molecular weight is 218 g/mol. The first-order chi connectivity index (χ1) is 7.67. The number of primary amides is 1. The number of benzene rings is 1. The molecule has 0 spiro atoms. The molecular formula is C13H18N2O. The molecule has 16 heavy (non-hydrogen) atoms. The zero-order valence-electron chi connectivity index (χ0n) is 9.65. The number of likely N-dealkylation sites (N-methyl/N-ethyl adjacent to an activating group) is 1. The molecular weight excluding hydrogens is 200 g/mol. The molecule has 1 amide bonds. The minimum Gasteiger partial charge on any atom is -0.369 e. The number of hydrogen-bond donors (Lipinski definition) is 1. The minimum absolute atomic E-state index is 0.294. The molecule has 3 nitrogen and oxygen atoms in total. The van der Waals surface area contributed by atoms with Crippen LogP contribution in [0.1, 0.15) is 18.1 Å². The SMILES string of the molecule is C=Cc1ccccc1CN(CC)CC(N)=O. The van der Waals surface area contributed by atoms with E-state index in [0.29, 0.717) is 6.54 Å². The summed E-state index contributed by atoms with van der Waals surface area (Å²) in [7, 11) is 0. The van der Waals surface area contributed by atoms with E-state index in [2.05, 4.69) is 6.58 Å². The van der Waals surface area contributed by atoms with Crippen LogP contribution in [0.3, 0.4) is 0 Å². The zero-order valence-corrected chi connectivity index (χ0v) is 9.65. The topological polar surface area (TPSA) is 46.3 Å². The first-order valence-electron chi connectivity index (χ1n) is 5.38. The van der Waals surface area contributed by atoms with Crippen molar-refractivity contribution in [2.24, 2.45) is 5.73 Å². The standard InChI is InChI=1S/C13H18N2O/c1-3-11-7-5-6-8-12(11)9-15(4-2)10-13(14)16/h3,5-8H,1,4,9-10H2,2H3,(H2,14,16). The van der Waals surface area contributed by atoms with Gasteiger partial charge in [-0.05, 0) is 17.7 Å². The fourth-order valence-corrected chi connectivity index (χ4v) is 1.62. The summed E-state index contributed by atoms with van der Waals surface area (Å²) in [4.78, 5) is 12.9. The lowest BCUT2D eigenvalue weighted by atomic mass is 10.1. The van der Waals surface area contributed by atoms with Crippen LogP contribution in [0.15, 0.2) is 30.8 Å². The number of carbonyl (C=O) groups excluding carboxylic acids is 1. The van der Waals surface area contributed by atoms with Crippen molar-refractivity contribution in [1.82, 2.24) is 4.90 Å². The van der Waals surface area contributed by atoms with Crippen molar-refractivity contribution in [2.75, 3.05) is 13.1 Å². The lowest BCUT2D eigenvalue weighted by molar-refractivity contribution is -0.119. The molecule has 0 fully saturated rings. The number of hydrogen-bond acceptors (Lipinski definition) is 2. The van der Waals surface area contributed by atoms with Gasteiger partial charge in [-0.25, -0.2) is 0 Å². The third-order valence-corrected chi connectivity index (χ3v) is 2.50. The van der Waals surface area contributed by atoms with Gasteiger partial charge in [-0.2, -0.15) is 0 Å². The number of carbonyl (C=O) groups is 1. The van der Waals surface area contributed by atoms with E-state index in [0.717, 1.165) is 18.7 Å². The molecule has 86 valence electrons. The molecule has 0 aromatic heterocycles. The molecule has 0 saturated carbocycles. The first-order valence-corrected chi connectivity index (χ1v) is 5.38. The van der Waals surface area contributed by atoms with E-state index in [1.807, 2.05) is 42.2 Å². The molecule has 0 saturated heterocycles. The predicted molar refractivity (Wildman–Crippen MR) is 66.7 cm³/mol. The van der Waals surface area contributed by atoms with E-state index in [4.69, 9.17) is 5.73 Å². The maximum absolute atomic E-state index is 10.9. The summed E-state index contributed by atoms with van der Waals surface area (Å²) in [5.41, 5.74) is 7.46. The van der Waals surface area contributed by atoms with Gasteiger partial charge < -0.3 is 5.73 Å². The van der Waals surface area contributed by atoms with Crippen molar-refractivity contribution in [1.29, 1.82) is 0 Å². The number of rotatable bonds is 6. The molecule has 0 aliphatic carbocycles. The molecule has 0 radical (unpaired) electrons. The molecule has 2 N–H and O–H groups in total. The van der Waals surface area contributed by atoms with E-state index < -0.39 is 0 Å². The number of nitrogens with zero attached hydrogens (tertiary/aromatic N) is 1. The Morgan fingerprint density at radius 1 is 1.50 bits per heavy atom. The van der Waals surface area contributed by atoms with Gasteiger partial charge in [0.1, 0.15) is 0 Å². The monoisotopic (exact) mass is 218 g/mol. The van der Waals surface area contributed by atoms with Crippen LogP contribution in [0.4, 0.5) is 0 Å². The zero-order chi connectivity index (χ0) is 12.0. The van der Waals surface area contributed by atoms with Crippen LogP contribution in [-0.2, 0) is 11.3 Å². The van der Waals surface area contributed by atoms with Crippen LogP contribution in [0.2, 0.25) is 0 Å². The molecule has 3 heteroatoms. The Labute approximate surface area is 96.6 Å². The van der Waals surface area contributed by atoms with Crippen LogP contribution in [-0.4, -0.2) is 23.9 Å². The Kier molecular flexibility index (Phi) is 4.73. The number of amides is 1. The molecule has 0 aliphatic heterocycles. The van der Waals surface area contributed by atoms with Crippen molar-refractivity contribution in [3.05, 3.63) is 42.0 Å². The van der Waals surface area contributed by atoms with Crippen LogP contribution in [0, 0.1) is 0 Å². The maximum Gasteiger partial charge on any atom is 0.231 e. The highest BCUT2D eigenvalue weighted by Crippen LogP contribution is 2.12. The summed E-state index contributed by atoms with van der Waals surface area (Å²) in [6.07, 6.45) is 1.83. The Bertz CT molecular complexity index is 374. The quantitative estimate of drug-likeness (QED) is 0.789. The van der Waals surface area contributed by atoms with Crippen LogP contribution in [0.5, 0.6) is 0 Å². The van der Waals surface area contributed by atoms with Gasteiger partial charge in [-0.3, -0.25) is 9.69 Å². The molecule has 0 bridgehead atoms. The van der Waals surface area contributed by atoms with Crippen molar-refractivity contribution in [3.63, 3.8) is 0 Å². The Morgan fingerprint density at radius 3 is 2.75 bits per heavy atom. The second-order valence-corrected chi connectivity index (χ2v) is 3.67. The summed E-state index contributed by atoms with van der Waals surface area (Å²) in [5.74, 6) is -0.294. The summed E-state index contributed by atoms with van der Waals surface area (Å²) >= 11 is 0. The highest BCUT2D eigenvalue weighted by atomic mass is 16.1. The Balaban J connectivity index is 2.76. The highest BCUT2D eigenvalue weighted by molar-refractivity contribution is 5.75. The van der Waals surface area contributed by atoms with Gasteiger partial charge in [0, 0.05) is 6.54 Å². The second kappa shape index (κ2) is 6.08. The molecule has 0 atom stereocenters. The van der Waals surface area contributed by atoms with Gasteiger partial charge >= 0.3 is 0 Å². The van der Waals surface area contributed by atoms with Gasteiger partial charge in [0.25, 0.3) is 0 Å². The van der Waals surface area contributed by atoms with E-state index >= 15 is 0 Å². The number of nitrogens with two attached hydrogens (primary N) is 1. The molecule has 0 aliphatic rings. The van der Waals surface area contributed by atoms with Crippen LogP contribution >= 0.6 is 0 Å². The fourth-order valence-electron chi connectivity index (χ4n) is 1.62. The van der Waals surface area contributed by atoms with Crippen molar-refractivity contribution >= 4 is 12.0 Å². The Hall–Kier alpha value is -1.61. The van der Waals surface area contributed by atoms with Gasteiger partial charge in [0.2, 0.25) is 5.91 Å². The molecule has 1 aromatic carbocycles. The third kappa shape index (κ3) is 3.51. The van der Waals surface area contributed by atoms with E-state index in [-0.39, 0.29) is 5.91 Å². The van der Waals surface area contributed by atoms with Gasteiger partial charge in [-0.15, -0.1) is 0 Å². The smallest absolute Gasteiger partial charge is 0.231 e. The summed E-state index contributed by atoms with van der Waals surface area (Å²) in [6, 6.07) is 8.02. The van der Waals surface area contributed by atoms with Gasteiger partial charge in [0.05, 0.1) is 6.54 Å². The minimum atomic E-state index is -0.294. The molecule has 0 heterocycles. The third-order valence-electron chi connectivity index (χ3n) is 2.50.